The molecule has 0 saturated heterocycles. The summed E-state index contributed by atoms with van der Waals surface area (Å²) in [6.45, 7) is 7.19. The van der Waals surface area contributed by atoms with Crippen LogP contribution in [0.1, 0.15) is 58.7 Å². The number of aromatic nitrogens is 2. The molecule has 0 N–H and O–H groups in total. The fourth-order valence-electron chi connectivity index (χ4n) is 3.56. The predicted octanol–water partition coefficient (Wildman–Crippen LogP) is 4.97. The van der Waals surface area contributed by atoms with Crippen molar-refractivity contribution in [2.45, 2.75) is 59.3 Å². The minimum Gasteiger partial charge on any atom is -0.338 e. The Morgan fingerprint density at radius 3 is 2.45 bits per heavy atom. The van der Waals surface area contributed by atoms with E-state index in [4.69, 9.17) is 0 Å². The van der Waals surface area contributed by atoms with Gasteiger partial charge in [-0.05, 0) is 48.9 Å². The first kappa shape index (κ1) is 16.1. The van der Waals surface area contributed by atoms with Crippen molar-refractivity contribution in [1.82, 2.24) is 9.55 Å². The van der Waals surface area contributed by atoms with Gasteiger partial charge in [-0.3, -0.25) is 0 Å². The van der Waals surface area contributed by atoms with Crippen molar-refractivity contribution >= 4 is 15.9 Å². The highest BCUT2D eigenvalue weighted by Gasteiger charge is 2.37. The van der Waals surface area contributed by atoms with E-state index >= 15 is 0 Å². The number of imidazole rings is 1. The van der Waals surface area contributed by atoms with E-state index in [0.29, 0.717) is 10.8 Å². The summed E-state index contributed by atoms with van der Waals surface area (Å²) in [5.74, 6) is 2.12. The lowest BCUT2D eigenvalue weighted by atomic mass is 9.63. The number of hydrogen-bond donors (Lipinski definition) is 0. The first-order chi connectivity index (χ1) is 9.36. The number of hydrogen-bond acceptors (Lipinski definition) is 1. The zero-order valence-corrected chi connectivity index (χ0v) is 15.0. The maximum Gasteiger partial charge on any atom is 0.108 e. The normalized spacial score (nSPS) is 27.8. The molecule has 1 aliphatic rings. The summed E-state index contributed by atoms with van der Waals surface area (Å²) in [6.07, 6.45) is 11.8. The molecule has 0 bridgehead atoms. The highest BCUT2D eigenvalue weighted by atomic mass is 79.9. The molecule has 20 heavy (non-hydrogen) atoms. The molecule has 114 valence electrons. The van der Waals surface area contributed by atoms with Gasteiger partial charge >= 0.3 is 0 Å². The lowest BCUT2D eigenvalue weighted by molar-refractivity contribution is 0.0971. The molecule has 0 radical (unpaired) electrons. The minimum absolute atomic E-state index is 0.470. The zero-order chi connectivity index (χ0) is 14.8. The Morgan fingerprint density at radius 2 is 2.00 bits per heavy atom. The summed E-state index contributed by atoms with van der Waals surface area (Å²) in [5.41, 5.74) is 0.964. The molecule has 2 rings (SSSR count). The van der Waals surface area contributed by atoms with Crippen LogP contribution in [-0.2, 0) is 13.5 Å². The van der Waals surface area contributed by atoms with Gasteiger partial charge in [0.05, 0.1) is 0 Å². The van der Waals surface area contributed by atoms with Gasteiger partial charge in [0.15, 0.2) is 0 Å². The third-order valence-electron chi connectivity index (χ3n) is 5.35. The van der Waals surface area contributed by atoms with Crippen molar-refractivity contribution < 1.29 is 0 Å². The Labute approximate surface area is 132 Å². The van der Waals surface area contributed by atoms with Gasteiger partial charge in [0.25, 0.3) is 0 Å². The lowest BCUT2D eigenvalue weighted by Crippen LogP contribution is -2.34. The van der Waals surface area contributed by atoms with Crippen LogP contribution in [0.25, 0.3) is 0 Å². The molecular formula is C17H29BrN2. The molecule has 1 fully saturated rings. The van der Waals surface area contributed by atoms with Crippen molar-refractivity contribution in [2.75, 3.05) is 5.33 Å². The quantitative estimate of drug-likeness (QED) is 0.707. The van der Waals surface area contributed by atoms with Crippen LogP contribution in [0.2, 0.25) is 0 Å². The maximum atomic E-state index is 4.47. The Kier molecular flexibility index (Phi) is 4.99. The van der Waals surface area contributed by atoms with Gasteiger partial charge in [-0.1, -0.05) is 36.7 Å². The summed E-state index contributed by atoms with van der Waals surface area (Å²) in [7, 11) is 2.10. The summed E-state index contributed by atoms with van der Waals surface area (Å²) in [4.78, 5) is 4.47. The molecule has 1 aromatic heterocycles. The van der Waals surface area contributed by atoms with E-state index in [1.807, 2.05) is 12.4 Å². The molecule has 1 aliphatic carbocycles. The van der Waals surface area contributed by atoms with Crippen LogP contribution in [0.3, 0.4) is 0 Å². The standard InChI is InChI=1S/C17H29BrN2/c1-16(2,3)14-5-8-17(13-18,9-6-14)10-7-15-19-11-12-20(15)4/h11-12,14H,5-10,13H2,1-4H3. The average Bonchev–Trinajstić information content (AvgIpc) is 2.81. The van der Waals surface area contributed by atoms with Crippen LogP contribution >= 0.6 is 15.9 Å². The molecule has 0 spiro atoms. The van der Waals surface area contributed by atoms with E-state index in [9.17, 15) is 0 Å². The number of nitrogens with zero attached hydrogens (tertiary/aromatic N) is 2. The topological polar surface area (TPSA) is 17.8 Å². The van der Waals surface area contributed by atoms with Gasteiger partial charge in [0, 0.05) is 31.2 Å². The van der Waals surface area contributed by atoms with E-state index in [1.165, 1.54) is 37.9 Å². The Bertz CT molecular complexity index is 422. The summed E-state index contributed by atoms with van der Waals surface area (Å²) >= 11 is 3.79. The highest BCUT2D eigenvalue weighted by Crippen LogP contribution is 2.48. The minimum atomic E-state index is 0.470. The average molecular weight is 341 g/mol. The second-order valence-corrected chi connectivity index (χ2v) is 8.29. The smallest absolute Gasteiger partial charge is 0.108 e. The maximum absolute atomic E-state index is 4.47. The summed E-state index contributed by atoms with van der Waals surface area (Å²) in [5, 5.41) is 1.14. The lowest BCUT2D eigenvalue weighted by Gasteiger charge is -2.43. The van der Waals surface area contributed by atoms with E-state index in [2.05, 4.69) is 53.3 Å². The fourth-order valence-corrected chi connectivity index (χ4v) is 4.40. The van der Waals surface area contributed by atoms with Gasteiger partial charge in [-0.2, -0.15) is 0 Å². The zero-order valence-electron chi connectivity index (χ0n) is 13.5. The fraction of sp³-hybridized carbons (Fsp3) is 0.824. The molecule has 1 heterocycles. The molecule has 2 nitrogen and oxygen atoms in total. The van der Waals surface area contributed by atoms with Crippen LogP contribution in [-0.4, -0.2) is 14.9 Å². The van der Waals surface area contributed by atoms with E-state index in [-0.39, 0.29) is 0 Å². The molecular weight excluding hydrogens is 312 g/mol. The van der Waals surface area contributed by atoms with E-state index in [1.54, 1.807) is 0 Å². The monoisotopic (exact) mass is 340 g/mol. The second-order valence-electron chi connectivity index (χ2n) is 7.73. The van der Waals surface area contributed by atoms with Crippen LogP contribution < -0.4 is 0 Å². The number of alkyl halides is 1. The van der Waals surface area contributed by atoms with Gasteiger partial charge in [0.2, 0.25) is 0 Å². The van der Waals surface area contributed by atoms with Crippen molar-refractivity contribution in [3.05, 3.63) is 18.2 Å². The Hall–Kier alpha value is -0.310. The third kappa shape index (κ3) is 3.66. The first-order valence-electron chi connectivity index (χ1n) is 7.88. The van der Waals surface area contributed by atoms with Gasteiger partial charge in [-0.25, -0.2) is 4.98 Å². The van der Waals surface area contributed by atoms with Crippen LogP contribution in [0.4, 0.5) is 0 Å². The summed E-state index contributed by atoms with van der Waals surface area (Å²) < 4.78 is 2.16. The van der Waals surface area contributed by atoms with Crippen LogP contribution in [0.15, 0.2) is 12.4 Å². The van der Waals surface area contributed by atoms with Crippen molar-refractivity contribution in [1.29, 1.82) is 0 Å². The van der Waals surface area contributed by atoms with Crippen molar-refractivity contribution in [2.24, 2.45) is 23.8 Å². The Balaban J connectivity index is 1.93. The van der Waals surface area contributed by atoms with Crippen LogP contribution in [0, 0.1) is 16.7 Å². The molecule has 1 saturated carbocycles. The Morgan fingerprint density at radius 1 is 1.35 bits per heavy atom. The molecule has 3 heteroatoms. The first-order valence-corrected chi connectivity index (χ1v) is 9.01. The molecule has 1 aromatic rings. The number of rotatable bonds is 4. The SMILES string of the molecule is Cn1ccnc1CCC1(CBr)CCC(C(C)(C)C)CC1. The predicted molar refractivity (Wildman–Crippen MR) is 89.2 cm³/mol. The molecule has 0 aliphatic heterocycles. The van der Waals surface area contributed by atoms with Gasteiger partial charge < -0.3 is 4.57 Å². The highest BCUT2D eigenvalue weighted by molar-refractivity contribution is 9.09. The van der Waals surface area contributed by atoms with Gasteiger partial charge in [0.1, 0.15) is 5.82 Å². The van der Waals surface area contributed by atoms with Crippen molar-refractivity contribution in [3.63, 3.8) is 0 Å². The molecule has 0 unspecified atom stereocenters. The van der Waals surface area contributed by atoms with E-state index < -0.39 is 0 Å². The van der Waals surface area contributed by atoms with E-state index in [0.717, 1.165) is 17.7 Å². The number of aryl methyl sites for hydroxylation is 2. The largest absolute Gasteiger partial charge is 0.338 e. The van der Waals surface area contributed by atoms with Gasteiger partial charge in [-0.15, -0.1) is 0 Å². The van der Waals surface area contributed by atoms with Crippen LogP contribution in [0.5, 0.6) is 0 Å². The third-order valence-corrected chi connectivity index (χ3v) is 6.54. The molecule has 0 atom stereocenters. The second kappa shape index (κ2) is 6.21. The van der Waals surface area contributed by atoms with Crippen molar-refractivity contribution in [3.8, 4) is 0 Å². The molecule has 0 aromatic carbocycles. The number of halogens is 1. The molecule has 0 amide bonds. The summed E-state index contributed by atoms with van der Waals surface area (Å²) in [6, 6.07) is 0.